The summed E-state index contributed by atoms with van der Waals surface area (Å²) in [6.45, 7) is 8.54. The lowest BCUT2D eigenvalue weighted by molar-refractivity contribution is -0.0360. The van der Waals surface area contributed by atoms with Crippen molar-refractivity contribution in [1.82, 2.24) is 25.2 Å². The summed E-state index contributed by atoms with van der Waals surface area (Å²) >= 11 is 0. The van der Waals surface area contributed by atoms with Crippen LogP contribution in [0.25, 0.3) is 5.65 Å². The molecule has 1 amide bonds. The highest BCUT2D eigenvalue weighted by Gasteiger charge is 2.45. The van der Waals surface area contributed by atoms with Crippen LogP contribution in [0.1, 0.15) is 41.5 Å². The third-order valence-corrected chi connectivity index (χ3v) is 7.55. The average Bonchev–Trinajstić information content (AvgIpc) is 3.51. The minimum Gasteiger partial charge on any atom is -0.370 e. The van der Waals surface area contributed by atoms with E-state index >= 15 is 0 Å². The standard InChI is InChI=1S/C25H30N6O2/c1-17-10-20(30-9-8-24(2,16-30)18-6-4-3-5-7-18)12-31-22(17)28-21(29-31)23(32)27-19-11-25(33-13-19)14-26-15-25/h3-7,10,12,19,26H,8-9,11,13-16H2,1-2H3,(H,27,32)/t19?,24-/m0/s1. The minimum atomic E-state index is -0.240. The zero-order chi connectivity index (χ0) is 22.6. The number of carbonyl (C=O) groups excluding carboxylic acids is 1. The lowest BCUT2D eigenvalue weighted by Gasteiger charge is -2.38. The number of rotatable bonds is 4. The van der Waals surface area contributed by atoms with Crippen molar-refractivity contribution in [2.24, 2.45) is 0 Å². The third-order valence-electron chi connectivity index (χ3n) is 7.55. The van der Waals surface area contributed by atoms with Gasteiger partial charge in [0.2, 0.25) is 5.82 Å². The van der Waals surface area contributed by atoms with Gasteiger partial charge >= 0.3 is 0 Å². The summed E-state index contributed by atoms with van der Waals surface area (Å²) in [5.41, 5.74) is 4.24. The molecule has 3 fully saturated rings. The molecule has 0 bridgehead atoms. The number of nitrogens with one attached hydrogen (secondary N) is 2. The van der Waals surface area contributed by atoms with Crippen molar-refractivity contribution in [3.8, 4) is 0 Å². The molecule has 2 atom stereocenters. The molecule has 33 heavy (non-hydrogen) atoms. The van der Waals surface area contributed by atoms with Crippen LogP contribution in [0.5, 0.6) is 0 Å². The second kappa shape index (κ2) is 7.53. The molecule has 3 aliphatic heterocycles. The number of hydrogen-bond donors (Lipinski definition) is 2. The first-order valence-corrected chi connectivity index (χ1v) is 11.8. The lowest BCUT2D eigenvalue weighted by Crippen LogP contribution is -2.59. The number of anilines is 1. The van der Waals surface area contributed by atoms with Gasteiger partial charge in [-0.15, -0.1) is 5.10 Å². The molecule has 0 saturated carbocycles. The summed E-state index contributed by atoms with van der Waals surface area (Å²) in [5.74, 6) is -0.0334. The third kappa shape index (κ3) is 3.57. The van der Waals surface area contributed by atoms with E-state index in [9.17, 15) is 4.79 Å². The van der Waals surface area contributed by atoms with Crippen LogP contribution in [0.3, 0.4) is 0 Å². The molecule has 3 aromatic rings. The number of pyridine rings is 1. The molecule has 172 valence electrons. The van der Waals surface area contributed by atoms with Gasteiger partial charge in [0.1, 0.15) is 0 Å². The van der Waals surface area contributed by atoms with E-state index in [2.05, 4.69) is 68.9 Å². The summed E-state index contributed by atoms with van der Waals surface area (Å²) in [6, 6.07) is 12.9. The van der Waals surface area contributed by atoms with Crippen LogP contribution >= 0.6 is 0 Å². The van der Waals surface area contributed by atoms with Gasteiger partial charge in [-0.1, -0.05) is 37.3 Å². The molecule has 2 aromatic heterocycles. The second-order valence-electron chi connectivity index (χ2n) is 10.2. The first-order chi connectivity index (χ1) is 15.9. The van der Waals surface area contributed by atoms with E-state index in [0.29, 0.717) is 6.61 Å². The number of amides is 1. The maximum absolute atomic E-state index is 12.9. The van der Waals surface area contributed by atoms with E-state index in [-0.39, 0.29) is 28.8 Å². The quantitative estimate of drug-likeness (QED) is 0.638. The fraction of sp³-hybridized carbons (Fsp3) is 0.480. The Labute approximate surface area is 193 Å². The van der Waals surface area contributed by atoms with Crippen molar-refractivity contribution in [2.45, 2.75) is 43.7 Å². The van der Waals surface area contributed by atoms with Gasteiger partial charge in [-0.25, -0.2) is 9.50 Å². The molecule has 6 rings (SSSR count). The van der Waals surface area contributed by atoms with Crippen LogP contribution in [-0.4, -0.2) is 64.9 Å². The summed E-state index contributed by atoms with van der Waals surface area (Å²) in [7, 11) is 0. The number of benzene rings is 1. The van der Waals surface area contributed by atoms with Crippen LogP contribution in [-0.2, 0) is 10.2 Å². The van der Waals surface area contributed by atoms with Crippen molar-refractivity contribution in [2.75, 3.05) is 37.7 Å². The lowest BCUT2D eigenvalue weighted by atomic mass is 9.82. The summed E-state index contributed by atoms with van der Waals surface area (Å²) in [4.78, 5) is 19.8. The van der Waals surface area contributed by atoms with E-state index in [1.807, 2.05) is 13.1 Å². The van der Waals surface area contributed by atoms with Crippen LogP contribution in [0, 0.1) is 6.92 Å². The zero-order valence-corrected chi connectivity index (χ0v) is 19.2. The Kier molecular flexibility index (Phi) is 4.71. The Morgan fingerprint density at radius 2 is 2.09 bits per heavy atom. The predicted octanol–water partition coefficient (Wildman–Crippen LogP) is 2.07. The molecule has 8 heteroatoms. The van der Waals surface area contributed by atoms with Crippen LogP contribution in [0.4, 0.5) is 5.69 Å². The Bertz CT molecular complexity index is 1200. The smallest absolute Gasteiger partial charge is 0.291 e. The molecule has 1 spiro atoms. The highest BCUT2D eigenvalue weighted by Crippen LogP contribution is 2.36. The first-order valence-electron chi connectivity index (χ1n) is 11.8. The number of aryl methyl sites for hydroxylation is 1. The Morgan fingerprint density at radius 3 is 2.82 bits per heavy atom. The molecular weight excluding hydrogens is 416 g/mol. The van der Waals surface area contributed by atoms with E-state index in [1.54, 1.807) is 4.52 Å². The maximum atomic E-state index is 12.9. The Hall–Kier alpha value is -2.97. The van der Waals surface area contributed by atoms with Gasteiger partial charge in [0, 0.05) is 38.0 Å². The zero-order valence-electron chi connectivity index (χ0n) is 19.2. The van der Waals surface area contributed by atoms with E-state index < -0.39 is 0 Å². The molecule has 0 aliphatic carbocycles. The summed E-state index contributed by atoms with van der Waals surface area (Å²) < 4.78 is 7.65. The molecular formula is C25H30N6O2. The van der Waals surface area contributed by atoms with Gasteiger partial charge < -0.3 is 20.3 Å². The average molecular weight is 447 g/mol. The maximum Gasteiger partial charge on any atom is 0.291 e. The summed E-state index contributed by atoms with van der Waals surface area (Å²) in [5, 5.41) is 10.8. The molecule has 2 N–H and O–H groups in total. The van der Waals surface area contributed by atoms with Crippen molar-refractivity contribution in [3.05, 3.63) is 59.5 Å². The van der Waals surface area contributed by atoms with Crippen molar-refractivity contribution >= 4 is 17.2 Å². The van der Waals surface area contributed by atoms with Crippen LogP contribution in [0.2, 0.25) is 0 Å². The fourth-order valence-corrected chi connectivity index (χ4v) is 5.50. The van der Waals surface area contributed by atoms with Gasteiger partial charge in [0.25, 0.3) is 5.91 Å². The first kappa shape index (κ1) is 20.6. The molecule has 0 radical (unpaired) electrons. The van der Waals surface area contributed by atoms with Gasteiger partial charge in [-0.3, -0.25) is 4.79 Å². The molecule has 3 aliphatic rings. The largest absolute Gasteiger partial charge is 0.370 e. The molecule has 1 aromatic carbocycles. The van der Waals surface area contributed by atoms with E-state index in [1.165, 1.54) is 5.56 Å². The van der Waals surface area contributed by atoms with Crippen LogP contribution < -0.4 is 15.5 Å². The summed E-state index contributed by atoms with van der Waals surface area (Å²) in [6.07, 6.45) is 3.92. The predicted molar refractivity (Wildman–Crippen MR) is 126 cm³/mol. The topological polar surface area (TPSA) is 83.8 Å². The molecule has 5 heterocycles. The van der Waals surface area contributed by atoms with Gasteiger partial charge in [0.15, 0.2) is 5.65 Å². The van der Waals surface area contributed by atoms with Crippen molar-refractivity contribution < 1.29 is 9.53 Å². The van der Waals surface area contributed by atoms with Gasteiger partial charge in [-0.05, 0) is 30.5 Å². The highest BCUT2D eigenvalue weighted by molar-refractivity contribution is 5.91. The normalized spacial score (nSPS) is 26.1. The number of fused-ring (bicyclic) bond motifs is 1. The van der Waals surface area contributed by atoms with Gasteiger partial charge in [-0.2, -0.15) is 0 Å². The highest BCUT2D eigenvalue weighted by atomic mass is 16.5. The number of nitrogens with zero attached hydrogens (tertiary/aromatic N) is 4. The number of carbonyl (C=O) groups is 1. The Morgan fingerprint density at radius 1 is 1.27 bits per heavy atom. The Balaban J connectivity index is 1.20. The monoisotopic (exact) mass is 446 g/mol. The minimum absolute atomic E-state index is 0.00290. The fourth-order valence-electron chi connectivity index (χ4n) is 5.50. The van der Waals surface area contributed by atoms with E-state index in [4.69, 9.17) is 4.74 Å². The second-order valence-corrected chi connectivity index (χ2v) is 10.2. The van der Waals surface area contributed by atoms with Crippen molar-refractivity contribution in [3.63, 3.8) is 0 Å². The van der Waals surface area contributed by atoms with E-state index in [0.717, 1.165) is 55.9 Å². The number of aromatic nitrogens is 3. The SMILES string of the molecule is Cc1cc(N2CC[C@](C)(c3ccccc3)C2)cn2nc(C(=O)NC3COC4(CNC4)C3)nc12. The molecule has 8 nitrogen and oxygen atoms in total. The van der Waals surface area contributed by atoms with Gasteiger partial charge in [0.05, 0.1) is 30.1 Å². The molecule has 3 saturated heterocycles. The number of ether oxygens (including phenoxy) is 1. The molecule has 1 unspecified atom stereocenters. The van der Waals surface area contributed by atoms with Crippen molar-refractivity contribution in [1.29, 1.82) is 0 Å². The van der Waals surface area contributed by atoms with Crippen LogP contribution in [0.15, 0.2) is 42.6 Å². The number of hydrogen-bond acceptors (Lipinski definition) is 6.